The van der Waals surface area contributed by atoms with Crippen molar-refractivity contribution in [3.05, 3.63) is 46.7 Å². The SMILES string of the molecule is OCC(O)CNCc1cc(-c2ccccc2)cs1. The number of rotatable bonds is 6. The van der Waals surface area contributed by atoms with Crippen molar-refractivity contribution in [2.45, 2.75) is 12.6 Å². The van der Waals surface area contributed by atoms with E-state index in [1.165, 1.54) is 16.0 Å². The first-order chi connectivity index (χ1) is 8.79. The normalized spacial score (nSPS) is 12.6. The molecule has 3 nitrogen and oxygen atoms in total. The third kappa shape index (κ3) is 3.65. The molecule has 1 atom stereocenters. The van der Waals surface area contributed by atoms with Gasteiger partial charge < -0.3 is 15.5 Å². The summed E-state index contributed by atoms with van der Waals surface area (Å²) in [6, 6.07) is 12.4. The Kier molecular flexibility index (Phi) is 4.90. The third-order valence-electron chi connectivity index (χ3n) is 2.65. The van der Waals surface area contributed by atoms with Crippen LogP contribution in [0.2, 0.25) is 0 Å². The van der Waals surface area contributed by atoms with Crippen molar-refractivity contribution in [1.29, 1.82) is 0 Å². The minimum Gasteiger partial charge on any atom is -0.394 e. The van der Waals surface area contributed by atoms with Gasteiger partial charge in [0.05, 0.1) is 12.7 Å². The number of thiophene rings is 1. The molecule has 1 aromatic carbocycles. The fourth-order valence-corrected chi connectivity index (χ4v) is 2.54. The van der Waals surface area contributed by atoms with Gasteiger partial charge in [-0.05, 0) is 22.6 Å². The largest absolute Gasteiger partial charge is 0.394 e. The molecule has 1 unspecified atom stereocenters. The number of hydrogen-bond donors (Lipinski definition) is 3. The van der Waals surface area contributed by atoms with Crippen LogP contribution >= 0.6 is 11.3 Å². The van der Waals surface area contributed by atoms with E-state index < -0.39 is 6.10 Å². The second-order valence-electron chi connectivity index (χ2n) is 4.14. The zero-order valence-electron chi connectivity index (χ0n) is 10.0. The molecule has 0 aliphatic rings. The first-order valence-electron chi connectivity index (χ1n) is 5.92. The van der Waals surface area contributed by atoms with Crippen LogP contribution in [-0.2, 0) is 6.54 Å². The minimum absolute atomic E-state index is 0.202. The maximum absolute atomic E-state index is 9.21. The molecule has 0 bridgehead atoms. The molecule has 0 aliphatic carbocycles. The fraction of sp³-hybridized carbons (Fsp3) is 0.286. The highest BCUT2D eigenvalue weighted by Gasteiger charge is 2.04. The van der Waals surface area contributed by atoms with Crippen LogP contribution in [0.25, 0.3) is 11.1 Å². The average Bonchev–Trinajstić information content (AvgIpc) is 2.88. The van der Waals surface area contributed by atoms with Gasteiger partial charge in [-0.15, -0.1) is 11.3 Å². The van der Waals surface area contributed by atoms with Crippen molar-refractivity contribution < 1.29 is 10.2 Å². The number of benzene rings is 1. The summed E-state index contributed by atoms with van der Waals surface area (Å²) in [5.41, 5.74) is 2.44. The molecule has 1 heterocycles. The van der Waals surface area contributed by atoms with Crippen LogP contribution in [0.5, 0.6) is 0 Å². The summed E-state index contributed by atoms with van der Waals surface area (Å²) < 4.78 is 0. The van der Waals surface area contributed by atoms with Crippen LogP contribution in [0.15, 0.2) is 41.8 Å². The van der Waals surface area contributed by atoms with Crippen LogP contribution in [0, 0.1) is 0 Å². The standard InChI is InChI=1S/C14H17NO2S/c16-9-13(17)7-15-8-14-6-12(10-18-14)11-4-2-1-3-5-11/h1-6,10,13,15-17H,7-9H2. The Morgan fingerprint density at radius 3 is 2.67 bits per heavy atom. The highest BCUT2D eigenvalue weighted by Crippen LogP contribution is 2.25. The lowest BCUT2D eigenvalue weighted by Gasteiger charge is -2.07. The molecular weight excluding hydrogens is 246 g/mol. The molecule has 1 aromatic heterocycles. The molecule has 0 saturated carbocycles. The van der Waals surface area contributed by atoms with Gasteiger partial charge in [-0.1, -0.05) is 30.3 Å². The summed E-state index contributed by atoms with van der Waals surface area (Å²) in [5.74, 6) is 0. The Morgan fingerprint density at radius 2 is 1.94 bits per heavy atom. The van der Waals surface area contributed by atoms with Gasteiger partial charge in [0, 0.05) is 18.0 Å². The van der Waals surface area contributed by atoms with Crippen LogP contribution < -0.4 is 5.32 Å². The summed E-state index contributed by atoms with van der Waals surface area (Å²) >= 11 is 1.70. The molecule has 0 spiro atoms. The van der Waals surface area contributed by atoms with Gasteiger partial charge in [-0.2, -0.15) is 0 Å². The Labute approximate surface area is 111 Å². The maximum Gasteiger partial charge on any atom is 0.0895 e. The maximum atomic E-state index is 9.21. The quantitative estimate of drug-likeness (QED) is 0.745. The van der Waals surface area contributed by atoms with Crippen molar-refractivity contribution >= 4 is 11.3 Å². The molecule has 18 heavy (non-hydrogen) atoms. The van der Waals surface area contributed by atoms with E-state index in [0.29, 0.717) is 13.1 Å². The second kappa shape index (κ2) is 6.66. The van der Waals surface area contributed by atoms with Crippen LogP contribution in [0.1, 0.15) is 4.88 Å². The molecule has 0 saturated heterocycles. The summed E-state index contributed by atoms with van der Waals surface area (Å²) in [6.07, 6.45) is -0.682. The van der Waals surface area contributed by atoms with E-state index in [4.69, 9.17) is 5.11 Å². The smallest absolute Gasteiger partial charge is 0.0895 e. The predicted molar refractivity (Wildman–Crippen MR) is 74.6 cm³/mol. The van der Waals surface area contributed by atoms with Crippen molar-refractivity contribution in [2.75, 3.05) is 13.2 Å². The van der Waals surface area contributed by atoms with E-state index in [1.54, 1.807) is 11.3 Å². The average molecular weight is 263 g/mol. The van der Waals surface area contributed by atoms with Gasteiger partial charge in [0.25, 0.3) is 0 Å². The van der Waals surface area contributed by atoms with Gasteiger partial charge in [0.1, 0.15) is 0 Å². The lowest BCUT2D eigenvalue weighted by atomic mass is 10.1. The van der Waals surface area contributed by atoms with Crippen LogP contribution in [0.3, 0.4) is 0 Å². The Bertz CT molecular complexity index is 470. The van der Waals surface area contributed by atoms with Crippen LogP contribution in [0.4, 0.5) is 0 Å². The lowest BCUT2D eigenvalue weighted by molar-refractivity contribution is 0.0943. The monoisotopic (exact) mass is 263 g/mol. The summed E-state index contributed by atoms with van der Waals surface area (Å²) in [5, 5.41) is 23.2. The number of aliphatic hydroxyl groups excluding tert-OH is 2. The van der Waals surface area contributed by atoms with E-state index in [-0.39, 0.29) is 6.61 Å². The van der Waals surface area contributed by atoms with E-state index in [2.05, 4.69) is 28.9 Å². The van der Waals surface area contributed by atoms with E-state index in [0.717, 1.165) is 0 Å². The first-order valence-corrected chi connectivity index (χ1v) is 6.80. The lowest BCUT2D eigenvalue weighted by Crippen LogP contribution is -2.28. The fourth-order valence-electron chi connectivity index (χ4n) is 1.68. The van der Waals surface area contributed by atoms with E-state index >= 15 is 0 Å². The Balaban J connectivity index is 1.91. The summed E-state index contributed by atoms with van der Waals surface area (Å²) in [4.78, 5) is 1.22. The molecule has 2 rings (SSSR count). The van der Waals surface area contributed by atoms with Crippen LogP contribution in [-0.4, -0.2) is 29.5 Å². The molecule has 4 heteroatoms. The number of nitrogens with one attached hydrogen (secondary N) is 1. The molecule has 96 valence electrons. The van der Waals surface area contributed by atoms with Gasteiger partial charge >= 0.3 is 0 Å². The van der Waals surface area contributed by atoms with Gasteiger partial charge in [0.2, 0.25) is 0 Å². The Hall–Kier alpha value is -1.20. The van der Waals surface area contributed by atoms with E-state index in [9.17, 15) is 5.11 Å². The summed E-state index contributed by atoms with van der Waals surface area (Å²) in [7, 11) is 0. The highest BCUT2D eigenvalue weighted by molar-refractivity contribution is 7.10. The molecular formula is C14H17NO2S. The zero-order valence-corrected chi connectivity index (χ0v) is 10.9. The molecule has 0 aliphatic heterocycles. The van der Waals surface area contributed by atoms with Crippen molar-refractivity contribution in [1.82, 2.24) is 5.32 Å². The summed E-state index contributed by atoms with van der Waals surface area (Å²) in [6.45, 7) is 0.927. The Morgan fingerprint density at radius 1 is 1.17 bits per heavy atom. The van der Waals surface area contributed by atoms with Gasteiger partial charge in [-0.3, -0.25) is 0 Å². The second-order valence-corrected chi connectivity index (χ2v) is 5.13. The predicted octanol–water partition coefficient (Wildman–Crippen LogP) is 1.86. The molecule has 2 aromatic rings. The number of aliphatic hydroxyl groups is 2. The highest BCUT2D eigenvalue weighted by atomic mass is 32.1. The molecule has 0 radical (unpaired) electrons. The van der Waals surface area contributed by atoms with Crippen molar-refractivity contribution in [3.63, 3.8) is 0 Å². The zero-order chi connectivity index (χ0) is 12.8. The van der Waals surface area contributed by atoms with E-state index in [1.807, 2.05) is 18.2 Å². The van der Waals surface area contributed by atoms with Gasteiger partial charge in [0.15, 0.2) is 0 Å². The molecule has 0 amide bonds. The van der Waals surface area contributed by atoms with Crippen molar-refractivity contribution in [2.24, 2.45) is 0 Å². The molecule has 0 fully saturated rings. The minimum atomic E-state index is -0.682. The van der Waals surface area contributed by atoms with Crippen molar-refractivity contribution in [3.8, 4) is 11.1 Å². The van der Waals surface area contributed by atoms with Gasteiger partial charge in [-0.25, -0.2) is 0 Å². The molecule has 3 N–H and O–H groups in total. The number of hydrogen-bond acceptors (Lipinski definition) is 4. The first kappa shape index (κ1) is 13.2. The third-order valence-corrected chi connectivity index (χ3v) is 3.59. The topological polar surface area (TPSA) is 52.5 Å².